The SMILES string of the molecule is CC(C)C(C(CCCc1ccc(Cl)cc1)C(=O)O)N(O)C=O. The quantitative estimate of drug-likeness (QED) is 0.414. The van der Waals surface area contributed by atoms with Crippen molar-refractivity contribution in [3.05, 3.63) is 34.9 Å². The summed E-state index contributed by atoms with van der Waals surface area (Å²) in [5.74, 6) is -1.97. The molecule has 0 spiro atoms. The summed E-state index contributed by atoms with van der Waals surface area (Å²) in [6, 6.07) is 6.67. The zero-order chi connectivity index (χ0) is 16.7. The number of nitrogens with zero attached hydrogens (tertiary/aromatic N) is 1. The van der Waals surface area contributed by atoms with Crippen molar-refractivity contribution >= 4 is 24.0 Å². The summed E-state index contributed by atoms with van der Waals surface area (Å²) in [5.41, 5.74) is 1.07. The topological polar surface area (TPSA) is 77.8 Å². The van der Waals surface area contributed by atoms with Gasteiger partial charge in [0.2, 0.25) is 6.41 Å². The molecule has 1 aromatic rings. The summed E-state index contributed by atoms with van der Waals surface area (Å²) in [4.78, 5) is 22.3. The third kappa shape index (κ3) is 5.31. The Bertz CT molecular complexity index is 489. The Labute approximate surface area is 135 Å². The van der Waals surface area contributed by atoms with Gasteiger partial charge < -0.3 is 5.11 Å². The molecule has 122 valence electrons. The lowest BCUT2D eigenvalue weighted by molar-refractivity contribution is -0.177. The van der Waals surface area contributed by atoms with Gasteiger partial charge in [0.25, 0.3) is 0 Å². The molecule has 2 N–H and O–H groups in total. The summed E-state index contributed by atoms with van der Waals surface area (Å²) in [7, 11) is 0. The summed E-state index contributed by atoms with van der Waals surface area (Å²) >= 11 is 5.82. The minimum atomic E-state index is -1.00. The Morgan fingerprint density at radius 3 is 2.36 bits per heavy atom. The van der Waals surface area contributed by atoms with Crippen LogP contribution in [0.25, 0.3) is 0 Å². The lowest BCUT2D eigenvalue weighted by atomic mass is 9.86. The molecule has 0 radical (unpaired) electrons. The second-order valence-electron chi connectivity index (χ2n) is 5.68. The third-order valence-electron chi connectivity index (χ3n) is 3.72. The Morgan fingerprint density at radius 1 is 1.32 bits per heavy atom. The van der Waals surface area contributed by atoms with E-state index in [9.17, 15) is 19.9 Å². The van der Waals surface area contributed by atoms with E-state index in [0.717, 1.165) is 12.0 Å². The van der Waals surface area contributed by atoms with E-state index in [-0.39, 0.29) is 12.3 Å². The predicted octanol–water partition coefficient (Wildman–Crippen LogP) is 3.24. The van der Waals surface area contributed by atoms with Crippen LogP contribution in [0.2, 0.25) is 5.02 Å². The monoisotopic (exact) mass is 327 g/mol. The number of carboxylic acid groups (broad SMARTS) is 1. The molecule has 0 aromatic heterocycles. The molecule has 0 aliphatic heterocycles. The fourth-order valence-corrected chi connectivity index (χ4v) is 2.77. The normalized spacial score (nSPS) is 13.7. The summed E-state index contributed by atoms with van der Waals surface area (Å²) in [5, 5.41) is 20.2. The second kappa shape index (κ2) is 8.76. The van der Waals surface area contributed by atoms with Crippen molar-refractivity contribution in [2.24, 2.45) is 11.8 Å². The van der Waals surface area contributed by atoms with Gasteiger partial charge in [0, 0.05) is 5.02 Å². The second-order valence-corrected chi connectivity index (χ2v) is 6.12. The molecule has 0 aliphatic rings. The van der Waals surface area contributed by atoms with Gasteiger partial charge >= 0.3 is 5.97 Å². The molecule has 22 heavy (non-hydrogen) atoms. The van der Waals surface area contributed by atoms with Gasteiger partial charge in [-0.3, -0.25) is 14.8 Å². The highest BCUT2D eigenvalue weighted by Crippen LogP contribution is 2.23. The number of hydroxylamine groups is 2. The van der Waals surface area contributed by atoms with Gasteiger partial charge in [-0.2, -0.15) is 0 Å². The molecule has 1 amide bonds. The van der Waals surface area contributed by atoms with Crippen LogP contribution in [0.1, 0.15) is 32.3 Å². The third-order valence-corrected chi connectivity index (χ3v) is 3.97. The van der Waals surface area contributed by atoms with E-state index in [4.69, 9.17) is 11.6 Å². The van der Waals surface area contributed by atoms with E-state index in [1.165, 1.54) is 0 Å². The average molecular weight is 328 g/mol. The number of aliphatic carboxylic acids is 1. The number of hydrogen-bond donors (Lipinski definition) is 2. The lowest BCUT2D eigenvalue weighted by Crippen LogP contribution is -2.44. The van der Waals surface area contributed by atoms with Crippen molar-refractivity contribution in [2.45, 2.75) is 39.2 Å². The highest BCUT2D eigenvalue weighted by molar-refractivity contribution is 6.30. The van der Waals surface area contributed by atoms with Gasteiger partial charge in [0.15, 0.2) is 0 Å². The predicted molar refractivity (Wildman–Crippen MR) is 83.8 cm³/mol. The number of carbonyl (C=O) groups excluding carboxylic acids is 1. The van der Waals surface area contributed by atoms with E-state index in [2.05, 4.69) is 0 Å². The molecule has 0 bridgehead atoms. The maximum Gasteiger partial charge on any atom is 0.308 e. The molecule has 5 nitrogen and oxygen atoms in total. The zero-order valence-electron chi connectivity index (χ0n) is 12.8. The van der Waals surface area contributed by atoms with E-state index < -0.39 is 17.9 Å². The number of halogens is 1. The van der Waals surface area contributed by atoms with Crippen LogP contribution >= 0.6 is 11.6 Å². The first-order valence-electron chi connectivity index (χ1n) is 7.26. The van der Waals surface area contributed by atoms with Crippen LogP contribution in [-0.4, -0.2) is 33.8 Å². The molecule has 0 fully saturated rings. The van der Waals surface area contributed by atoms with E-state index >= 15 is 0 Å². The van der Waals surface area contributed by atoms with Gasteiger partial charge in [-0.15, -0.1) is 0 Å². The number of aryl methyl sites for hydroxylation is 1. The fourth-order valence-electron chi connectivity index (χ4n) is 2.64. The largest absolute Gasteiger partial charge is 0.481 e. The van der Waals surface area contributed by atoms with Gasteiger partial charge in [0.05, 0.1) is 12.0 Å². The molecule has 2 unspecified atom stereocenters. The van der Waals surface area contributed by atoms with Crippen LogP contribution in [0.15, 0.2) is 24.3 Å². The van der Waals surface area contributed by atoms with Crippen LogP contribution in [0.4, 0.5) is 0 Å². The number of carboxylic acids is 1. The average Bonchev–Trinajstić information content (AvgIpc) is 2.47. The van der Waals surface area contributed by atoms with Crippen molar-refractivity contribution < 1.29 is 19.9 Å². The number of rotatable bonds is 9. The maximum absolute atomic E-state index is 11.5. The number of carbonyl (C=O) groups is 2. The molecule has 2 atom stereocenters. The number of benzene rings is 1. The van der Waals surface area contributed by atoms with Crippen LogP contribution in [0.3, 0.4) is 0 Å². The van der Waals surface area contributed by atoms with Crippen molar-refractivity contribution in [3.8, 4) is 0 Å². The molecule has 0 aliphatic carbocycles. The molecule has 0 heterocycles. The molecular formula is C16H22ClNO4. The van der Waals surface area contributed by atoms with Crippen molar-refractivity contribution in [2.75, 3.05) is 0 Å². The number of amides is 1. The molecule has 1 aromatic carbocycles. The highest BCUT2D eigenvalue weighted by atomic mass is 35.5. The lowest BCUT2D eigenvalue weighted by Gasteiger charge is -2.31. The van der Waals surface area contributed by atoms with E-state index in [1.807, 2.05) is 12.1 Å². The van der Waals surface area contributed by atoms with Crippen molar-refractivity contribution in [1.29, 1.82) is 0 Å². The zero-order valence-corrected chi connectivity index (χ0v) is 13.5. The maximum atomic E-state index is 11.5. The highest BCUT2D eigenvalue weighted by Gasteiger charge is 2.34. The van der Waals surface area contributed by atoms with Crippen LogP contribution in [-0.2, 0) is 16.0 Å². The first-order chi connectivity index (χ1) is 10.4. The smallest absolute Gasteiger partial charge is 0.308 e. The van der Waals surface area contributed by atoms with Crippen molar-refractivity contribution in [3.63, 3.8) is 0 Å². The van der Waals surface area contributed by atoms with Crippen LogP contribution in [0, 0.1) is 11.8 Å². The van der Waals surface area contributed by atoms with Gasteiger partial charge in [0.1, 0.15) is 0 Å². The fraction of sp³-hybridized carbons (Fsp3) is 0.500. The minimum Gasteiger partial charge on any atom is -0.481 e. The first kappa shape index (κ1) is 18.5. The van der Waals surface area contributed by atoms with Gasteiger partial charge in [-0.25, -0.2) is 5.06 Å². The Morgan fingerprint density at radius 2 is 1.91 bits per heavy atom. The summed E-state index contributed by atoms with van der Waals surface area (Å²) in [6.45, 7) is 3.57. The Hall–Kier alpha value is -1.59. The Balaban J connectivity index is 2.69. The molecule has 0 saturated carbocycles. The molecular weight excluding hydrogens is 306 g/mol. The summed E-state index contributed by atoms with van der Waals surface area (Å²) < 4.78 is 0. The first-order valence-corrected chi connectivity index (χ1v) is 7.64. The van der Waals surface area contributed by atoms with Crippen LogP contribution < -0.4 is 0 Å². The van der Waals surface area contributed by atoms with E-state index in [0.29, 0.717) is 22.9 Å². The van der Waals surface area contributed by atoms with Crippen LogP contribution in [0.5, 0.6) is 0 Å². The number of hydrogen-bond acceptors (Lipinski definition) is 3. The Kier molecular flexibility index (Phi) is 7.35. The van der Waals surface area contributed by atoms with E-state index in [1.54, 1.807) is 26.0 Å². The molecule has 1 rings (SSSR count). The minimum absolute atomic E-state index is 0.160. The standard InChI is InChI=1S/C16H22ClNO4/c1-11(2)15(18(22)10-19)14(16(20)21)5-3-4-12-6-8-13(17)9-7-12/h6-11,14-15,22H,3-5H2,1-2H3,(H,20,21). The molecule has 6 heteroatoms. The van der Waals surface area contributed by atoms with Gasteiger partial charge in [-0.05, 0) is 42.9 Å². The van der Waals surface area contributed by atoms with Gasteiger partial charge in [-0.1, -0.05) is 37.6 Å². The van der Waals surface area contributed by atoms with Crippen molar-refractivity contribution in [1.82, 2.24) is 5.06 Å². The molecule has 0 saturated heterocycles. The summed E-state index contributed by atoms with van der Waals surface area (Å²) in [6.07, 6.45) is 2.01.